The predicted molar refractivity (Wildman–Crippen MR) is 157 cm³/mol. The third-order valence-electron chi connectivity index (χ3n) is 9.01. The predicted octanol–water partition coefficient (Wildman–Crippen LogP) is 8.65. The maximum atomic E-state index is 6.06. The van der Waals surface area contributed by atoms with Crippen LogP contribution in [0.5, 0.6) is 23.0 Å². The molecule has 9 rings (SSSR count). The number of ether oxygens (including phenoxy) is 4. The molecule has 1 fully saturated rings. The van der Waals surface area contributed by atoms with E-state index in [1.165, 1.54) is 55.3 Å². The summed E-state index contributed by atoms with van der Waals surface area (Å²) in [6.45, 7) is 2.90. The van der Waals surface area contributed by atoms with Crippen molar-refractivity contribution in [2.45, 2.75) is 19.8 Å². The summed E-state index contributed by atoms with van der Waals surface area (Å²) in [5, 5.41) is 2.39. The van der Waals surface area contributed by atoms with Gasteiger partial charge in [0.05, 0.1) is 0 Å². The Morgan fingerprint density at radius 2 is 1.35 bits per heavy atom. The lowest BCUT2D eigenvalue weighted by Crippen LogP contribution is -2.07. The molecule has 0 saturated heterocycles. The van der Waals surface area contributed by atoms with Gasteiger partial charge in [-0.15, -0.1) is 0 Å². The molecule has 2 aliphatic carbocycles. The summed E-state index contributed by atoms with van der Waals surface area (Å²) in [6, 6.07) is 30.4. The first-order valence-corrected chi connectivity index (χ1v) is 13.8. The molecule has 4 heteroatoms. The molecule has 4 aliphatic rings. The normalized spacial score (nSPS) is 19.3. The Morgan fingerprint density at radius 3 is 2.20 bits per heavy atom. The lowest BCUT2D eigenvalue weighted by molar-refractivity contribution is 0.173. The second kappa shape index (κ2) is 7.92. The van der Waals surface area contributed by atoms with E-state index in [-0.39, 0.29) is 19.0 Å². The molecule has 0 amide bonds. The highest BCUT2D eigenvalue weighted by molar-refractivity contribution is 6.04. The van der Waals surface area contributed by atoms with Crippen molar-refractivity contribution in [2.24, 2.45) is 5.41 Å². The van der Waals surface area contributed by atoms with Crippen LogP contribution in [0.15, 0.2) is 90.5 Å². The molecule has 1 unspecified atom stereocenters. The van der Waals surface area contributed by atoms with Crippen molar-refractivity contribution in [3.05, 3.63) is 102 Å². The van der Waals surface area contributed by atoms with Gasteiger partial charge in [0.2, 0.25) is 13.6 Å². The molecule has 2 aliphatic heterocycles. The van der Waals surface area contributed by atoms with Gasteiger partial charge < -0.3 is 18.9 Å². The maximum Gasteiger partial charge on any atom is 0.231 e. The largest absolute Gasteiger partial charge is 0.454 e. The van der Waals surface area contributed by atoms with Crippen molar-refractivity contribution in [1.82, 2.24) is 0 Å². The molecule has 0 N–H and O–H groups in total. The number of rotatable bonds is 2. The molecule has 0 spiro atoms. The molecule has 4 nitrogen and oxygen atoms in total. The van der Waals surface area contributed by atoms with Crippen LogP contribution in [-0.2, 0) is 6.42 Å². The summed E-state index contributed by atoms with van der Waals surface area (Å²) >= 11 is 0. The fourth-order valence-corrected chi connectivity index (χ4v) is 6.75. The van der Waals surface area contributed by atoms with Gasteiger partial charge in [-0.25, -0.2) is 0 Å². The number of fused-ring (bicyclic) bond motifs is 9. The van der Waals surface area contributed by atoms with E-state index in [2.05, 4.69) is 97.9 Å². The molecule has 2 heterocycles. The van der Waals surface area contributed by atoms with Gasteiger partial charge >= 0.3 is 0 Å². The van der Waals surface area contributed by atoms with Crippen LogP contribution in [0.2, 0.25) is 0 Å². The Hall–Kier alpha value is -4.70. The molecule has 194 valence electrons. The van der Waals surface area contributed by atoms with Crippen LogP contribution in [0.1, 0.15) is 24.5 Å². The van der Waals surface area contributed by atoms with Gasteiger partial charge in [0.25, 0.3) is 0 Å². The molecule has 0 aromatic heterocycles. The van der Waals surface area contributed by atoms with Crippen molar-refractivity contribution in [2.75, 3.05) is 13.6 Å². The lowest BCUT2D eigenvalue weighted by atomic mass is 9.79. The Morgan fingerprint density at radius 1 is 0.625 bits per heavy atom. The van der Waals surface area contributed by atoms with Gasteiger partial charge in [-0.1, -0.05) is 73.2 Å². The first-order valence-electron chi connectivity index (χ1n) is 13.8. The van der Waals surface area contributed by atoms with Crippen LogP contribution in [-0.4, -0.2) is 13.6 Å². The van der Waals surface area contributed by atoms with Crippen LogP contribution in [0, 0.1) is 5.41 Å². The monoisotopic (exact) mass is 522 g/mol. The molecule has 40 heavy (non-hydrogen) atoms. The Bertz CT molecular complexity index is 1900. The molecule has 5 aromatic carbocycles. The van der Waals surface area contributed by atoms with Crippen LogP contribution < -0.4 is 18.9 Å². The van der Waals surface area contributed by atoms with E-state index in [0.29, 0.717) is 0 Å². The van der Waals surface area contributed by atoms with Crippen molar-refractivity contribution in [3.63, 3.8) is 0 Å². The van der Waals surface area contributed by atoms with E-state index in [0.717, 1.165) is 41.4 Å². The van der Waals surface area contributed by atoms with E-state index in [1.54, 1.807) is 0 Å². The van der Waals surface area contributed by atoms with Crippen LogP contribution in [0.3, 0.4) is 0 Å². The average molecular weight is 523 g/mol. The van der Waals surface area contributed by atoms with E-state index in [1.807, 2.05) is 0 Å². The molecule has 1 saturated carbocycles. The van der Waals surface area contributed by atoms with E-state index in [9.17, 15) is 0 Å². The van der Waals surface area contributed by atoms with Gasteiger partial charge in [0.1, 0.15) is 0 Å². The average Bonchev–Trinajstić information content (AvgIpc) is 3.34. The topological polar surface area (TPSA) is 36.9 Å². The standard InChI is InChI=1S/C36H26O4/c1-36-17-25(36)15-29-26(11-12-31-35(29)40-20-37-31)34-28(23-9-7-22(8-10-23)21-5-3-2-4-6-21)13-24-14-32-33(39-19-38-32)16-27(24)30(34)18-36/h2-16H,17-20H2,1H3. The second-order valence-corrected chi connectivity index (χ2v) is 11.5. The summed E-state index contributed by atoms with van der Waals surface area (Å²) in [4.78, 5) is 0. The molecular formula is C36H26O4. The minimum atomic E-state index is 0.119. The Labute approximate surface area is 232 Å². The van der Waals surface area contributed by atoms with Gasteiger partial charge in [-0.3, -0.25) is 0 Å². The minimum absolute atomic E-state index is 0.119. The van der Waals surface area contributed by atoms with Crippen LogP contribution in [0.4, 0.5) is 0 Å². The summed E-state index contributed by atoms with van der Waals surface area (Å²) in [5.74, 6) is 3.30. The second-order valence-electron chi connectivity index (χ2n) is 11.5. The first kappa shape index (κ1) is 22.2. The zero-order chi connectivity index (χ0) is 26.4. The zero-order valence-electron chi connectivity index (χ0n) is 22.1. The maximum absolute atomic E-state index is 6.06. The third kappa shape index (κ3) is 3.19. The number of allylic oxidation sites excluding steroid dienone is 1. The third-order valence-corrected chi connectivity index (χ3v) is 9.01. The summed E-state index contributed by atoms with van der Waals surface area (Å²) in [6.07, 6.45) is 4.41. The Balaban J connectivity index is 1.35. The molecule has 0 radical (unpaired) electrons. The molecule has 0 bridgehead atoms. The Kier molecular flexibility index (Phi) is 4.39. The van der Waals surface area contributed by atoms with Crippen molar-refractivity contribution in [1.29, 1.82) is 0 Å². The highest BCUT2D eigenvalue weighted by Gasteiger charge is 2.46. The molecule has 5 aromatic rings. The summed E-state index contributed by atoms with van der Waals surface area (Å²) in [7, 11) is 0. The van der Waals surface area contributed by atoms with Crippen molar-refractivity contribution < 1.29 is 18.9 Å². The summed E-state index contributed by atoms with van der Waals surface area (Å²) in [5.41, 5.74) is 11.3. The SMILES string of the molecule is CC12CC1=Cc1c(ccc3c1OCO3)-c1c(-c3ccc(-c4ccccc4)cc3)cc3cc4c(cc3c1C2)OCO4. The highest BCUT2D eigenvalue weighted by atomic mass is 16.7. The zero-order valence-corrected chi connectivity index (χ0v) is 22.1. The van der Waals surface area contributed by atoms with Gasteiger partial charge in [-0.2, -0.15) is 0 Å². The van der Waals surface area contributed by atoms with Gasteiger partial charge in [0.15, 0.2) is 23.0 Å². The quantitative estimate of drug-likeness (QED) is 0.232. The number of benzene rings is 5. The minimum Gasteiger partial charge on any atom is -0.454 e. The van der Waals surface area contributed by atoms with Gasteiger partial charge in [0, 0.05) is 5.56 Å². The number of hydrogen-bond donors (Lipinski definition) is 0. The number of hydrogen-bond acceptors (Lipinski definition) is 4. The van der Waals surface area contributed by atoms with Crippen LogP contribution in [0.25, 0.3) is 50.2 Å². The lowest BCUT2D eigenvalue weighted by Gasteiger charge is -2.24. The van der Waals surface area contributed by atoms with Crippen molar-refractivity contribution in [3.8, 4) is 56.4 Å². The van der Waals surface area contributed by atoms with Crippen LogP contribution >= 0.6 is 0 Å². The fraction of sp³-hybridized carbons (Fsp3) is 0.167. The first-order chi connectivity index (χ1) is 19.6. The van der Waals surface area contributed by atoms with E-state index < -0.39 is 0 Å². The summed E-state index contributed by atoms with van der Waals surface area (Å²) < 4.78 is 23.5. The molecule has 1 atom stereocenters. The smallest absolute Gasteiger partial charge is 0.231 e. The van der Waals surface area contributed by atoms with Crippen molar-refractivity contribution >= 4 is 16.8 Å². The fourth-order valence-electron chi connectivity index (χ4n) is 6.75. The highest BCUT2D eigenvalue weighted by Crippen LogP contribution is 2.60. The van der Waals surface area contributed by atoms with E-state index in [4.69, 9.17) is 18.9 Å². The molecular weight excluding hydrogens is 496 g/mol. The van der Waals surface area contributed by atoms with Gasteiger partial charge in [-0.05, 0) is 98.3 Å². The van der Waals surface area contributed by atoms with E-state index >= 15 is 0 Å².